The molecular formula is C13H9FN2O2. The van der Waals surface area contributed by atoms with E-state index in [1.165, 1.54) is 12.3 Å². The van der Waals surface area contributed by atoms with Crippen LogP contribution in [0.5, 0.6) is 0 Å². The first-order valence-electron chi connectivity index (χ1n) is 5.16. The van der Waals surface area contributed by atoms with Crippen molar-refractivity contribution in [1.82, 2.24) is 4.98 Å². The maximum Gasteiger partial charge on any atom is 0.257 e. The number of nitrogens with one attached hydrogen (secondary N) is 1. The van der Waals surface area contributed by atoms with Gasteiger partial charge in [0.2, 0.25) is 0 Å². The largest absolute Gasteiger partial charge is 0.322 e. The highest BCUT2D eigenvalue weighted by Crippen LogP contribution is 2.11. The highest BCUT2D eigenvalue weighted by atomic mass is 19.1. The molecule has 0 aliphatic heterocycles. The molecular weight excluding hydrogens is 235 g/mol. The molecule has 2 rings (SSSR count). The van der Waals surface area contributed by atoms with Crippen molar-refractivity contribution in [2.45, 2.75) is 0 Å². The number of hydrogen-bond acceptors (Lipinski definition) is 3. The molecule has 1 heterocycles. The van der Waals surface area contributed by atoms with Gasteiger partial charge in [0, 0.05) is 17.4 Å². The Bertz CT molecular complexity index is 599. The molecule has 0 radical (unpaired) electrons. The summed E-state index contributed by atoms with van der Waals surface area (Å²) in [5.41, 5.74) is 1.03. The molecule has 1 aromatic carbocycles. The van der Waals surface area contributed by atoms with E-state index in [1.807, 2.05) is 0 Å². The number of anilines is 1. The average molecular weight is 244 g/mol. The molecule has 0 fully saturated rings. The Morgan fingerprint density at radius 1 is 1.28 bits per heavy atom. The lowest BCUT2D eigenvalue weighted by atomic mass is 10.2. The topological polar surface area (TPSA) is 59.1 Å². The zero-order chi connectivity index (χ0) is 13.0. The van der Waals surface area contributed by atoms with Gasteiger partial charge in [-0.05, 0) is 18.2 Å². The van der Waals surface area contributed by atoms with E-state index in [0.29, 0.717) is 17.5 Å². The number of benzene rings is 1. The fourth-order valence-corrected chi connectivity index (χ4v) is 1.43. The van der Waals surface area contributed by atoms with Crippen molar-refractivity contribution in [3.63, 3.8) is 0 Å². The van der Waals surface area contributed by atoms with Gasteiger partial charge in [0.15, 0.2) is 0 Å². The van der Waals surface area contributed by atoms with Crippen LogP contribution in [0.15, 0.2) is 42.7 Å². The number of nitrogens with zero attached hydrogens (tertiary/aromatic N) is 1. The second kappa shape index (κ2) is 5.18. The van der Waals surface area contributed by atoms with Gasteiger partial charge < -0.3 is 5.32 Å². The Morgan fingerprint density at radius 3 is 2.83 bits per heavy atom. The summed E-state index contributed by atoms with van der Waals surface area (Å²) in [5.74, 6) is -1.06. The molecule has 5 heteroatoms. The predicted octanol–water partition coefficient (Wildman–Crippen LogP) is 2.29. The fraction of sp³-hybridized carbons (Fsp3) is 0. The number of halogens is 1. The summed E-state index contributed by atoms with van der Waals surface area (Å²) in [6.07, 6.45) is 2.96. The minimum absolute atomic E-state index is 0.117. The van der Waals surface area contributed by atoms with Gasteiger partial charge in [-0.25, -0.2) is 4.39 Å². The maximum atomic E-state index is 12.9. The van der Waals surface area contributed by atoms with Crippen LogP contribution in [0.25, 0.3) is 0 Å². The van der Waals surface area contributed by atoms with E-state index in [1.54, 1.807) is 18.2 Å². The minimum atomic E-state index is -0.579. The quantitative estimate of drug-likeness (QED) is 0.842. The van der Waals surface area contributed by atoms with Crippen LogP contribution in [0.3, 0.4) is 0 Å². The smallest absolute Gasteiger partial charge is 0.257 e. The predicted molar refractivity (Wildman–Crippen MR) is 64.0 cm³/mol. The summed E-state index contributed by atoms with van der Waals surface area (Å²) in [6, 6.07) is 7.51. The number of carbonyl (C=O) groups is 2. The van der Waals surface area contributed by atoms with Crippen LogP contribution in [0.1, 0.15) is 20.7 Å². The van der Waals surface area contributed by atoms with Crippen molar-refractivity contribution in [2.24, 2.45) is 0 Å². The molecule has 1 aromatic heterocycles. The Hall–Kier alpha value is -2.56. The molecule has 0 spiro atoms. The second-order valence-corrected chi connectivity index (χ2v) is 3.59. The average Bonchev–Trinajstić information content (AvgIpc) is 2.39. The minimum Gasteiger partial charge on any atom is -0.322 e. The van der Waals surface area contributed by atoms with Gasteiger partial charge in [-0.2, -0.15) is 0 Å². The number of aromatic nitrogens is 1. The molecule has 0 aliphatic carbocycles. The standard InChI is InChI=1S/C13H9FN2O2/c14-11-5-10(6-15-7-11)13(18)16-12-3-1-2-9(4-12)8-17/h1-8H,(H,16,18). The van der Waals surface area contributed by atoms with E-state index >= 15 is 0 Å². The molecule has 0 atom stereocenters. The number of hydrogen-bond donors (Lipinski definition) is 1. The SMILES string of the molecule is O=Cc1cccc(NC(=O)c2cncc(F)c2)c1. The zero-order valence-electron chi connectivity index (χ0n) is 9.26. The van der Waals surface area contributed by atoms with E-state index in [0.717, 1.165) is 12.3 Å². The summed E-state index contributed by atoms with van der Waals surface area (Å²) in [7, 11) is 0. The molecule has 0 bridgehead atoms. The van der Waals surface area contributed by atoms with Gasteiger partial charge >= 0.3 is 0 Å². The van der Waals surface area contributed by atoms with Crippen LogP contribution in [0.2, 0.25) is 0 Å². The van der Waals surface area contributed by atoms with Gasteiger partial charge in [0.1, 0.15) is 12.1 Å². The van der Waals surface area contributed by atoms with E-state index < -0.39 is 11.7 Å². The molecule has 2 aromatic rings. The van der Waals surface area contributed by atoms with Gasteiger partial charge in [-0.15, -0.1) is 0 Å². The molecule has 18 heavy (non-hydrogen) atoms. The van der Waals surface area contributed by atoms with E-state index in [9.17, 15) is 14.0 Å². The Kier molecular flexibility index (Phi) is 3.43. The number of amides is 1. The van der Waals surface area contributed by atoms with Crippen LogP contribution in [-0.2, 0) is 0 Å². The van der Waals surface area contributed by atoms with E-state index in [2.05, 4.69) is 10.3 Å². The molecule has 4 nitrogen and oxygen atoms in total. The summed E-state index contributed by atoms with van der Waals surface area (Å²) in [4.78, 5) is 25.9. The van der Waals surface area contributed by atoms with Crippen LogP contribution < -0.4 is 5.32 Å². The Labute approximate surface area is 102 Å². The third-order valence-electron chi connectivity index (χ3n) is 2.25. The molecule has 0 saturated carbocycles. The van der Waals surface area contributed by atoms with Crippen LogP contribution in [0, 0.1) is 5.82 Å². The van der Waals surface area contributed by atoms with Crippen molar-refractivity contribution in [1.29, 1.82) is 0 Å². The maximum absolute atomic E-state index is 12.9. The van der Waals surface area contributed by atoms with Crippen LogP contribution >= 0.6 is 0 Å². The first kappa shape index (κ1) is 11.9. The lowest BCUT2D eigenvalue weighted by molar-refractivity contribution is 0.102. The zero-order valence-corrected chi connectivity index (χ0v) is 9.26. The highest BCUT2D eigenvalue weighted by Gasteiger charge is 2.07. The second-order valence-electron chi connectivity index (χ2n) is 3.59. The number of rotatable bonds is 3. The van der Waals surface area contributed by atoms with Crippen LogP contribution in [0.4, 0.5) is 10.1 Å². The van der Waals surface area contributed by atoms with Gasteiger partial charge in [-0.3, -0.25) is 14.6 Å². The summed E-state index contributed by atoms with van der Waals surface area (Å²) in [5, 5.41) is 2.56. The molecule has 1 amide bonds. The van der Waals surface area contributed by atoms with Crippen molar-refractivity contribution >= 4 is 17.9 Å². The molecule has 0 saturated heterocycles. The fourth-order valence-electron chi connectivity index (χ4n) is 1.43. The monoisotopic (exact) mass is 244 g/mol. The third kappa shape index (κ3) is 2.76. The lowest BCUT2D eigenvalue weighted by Crippen LogP contribution is -2.12. The van der Waals surface area contributed by atoms with Gasteiger partial charge in [0.25, 0.3) is 5.91 Å². The first-order chi connectivity index (χ1) is 8.69. The summed E-state index contributed by atoms with van der Waals surface area (Å²) in [6.45, 7) is 0. The Morgan fingerprint density at radius 2 is 2.11 bits per heavy atom. The Balaban J connectivity index is 2.18. The van der Waals surface area contributed by atoms with Crippen molar-refractivity contribution in [3.05, 3.63) is 59.7 Å². The van der Waals surface area contributed by atoms with Crippen molar-refractivity contribution < 1.29 is 14.0 Å². The summed E-state index contributed by atoms with van der Waals surface area (Å²) >= 11 is 0. The summed E-state index contributed by atoms with van der Waals surface area (Å²) < 4.78 is 12.9. The number of carbonyl (C=O) groups excluding carboxylic acids is 2. The number of pyridine rings is 1. The van der Waals surface area contributed by atoms with Gasteiger partial charge in [0.05, 0.1) is 11.8 Å². The highest BCUT2D eigenvalue weighted by molar-refractivity contribution is 6.04. The van der Waals surface area contributed by atoms with E-state index in [-0.39, 0.29) is 5.56 Å². The number of aldehydes is 1. The first-order valence-corrected chi connectivity index (χ1v) is 5.16. The third-order valence-corrected chi connectivity index (χ3v) is 2.25. The molecule has 0 aliphatic rings. The van der Waals surface area contributed by atoms with Crippen molar-refractivity contribution in [2.75, 3.05) is 5.32 Å². The van der Waals surface area contributed by atoms with Crippen molar-refractivity contribution in [3.8, 4) is 0 Å². The molecule has 0 unspecified atom stereocenters. The molecule has 90 valence electrons. The normalized spacial score (nSPS) is 9.83. The van der Waals surface area contributed by atoms with Crippen LogP contribution in [-0.4, -0.2) is 17.2 Å². The van der Waals surface area contributed by atoms with E-state index in [4.69, 9.17) is 0 Å². The van der Waals surface area contributed by atoms with Gasteiger partial charge in [-0.1, -0.05) is 12.1 Å². The molecule has 1 N–H and O–H groups in total. The lowest BCUT2D eigenvalue weighted by Gasteiger charge is -2.05.